The molecule has 2 heterocycles. The number of nitrogens with zero attached hydrogens (tertiary/aromatic N) is 3. The predicted octanol–water partition coefficient (Wildman–Crippen LogP) is 1.35. The summed E-state index contributed by atoms with van der Waals surface area (Å²) in [6, 6.07) is 0.0890. The number of rotatable bonds is 4. The molecule has 2 aromatic rings. The van der Waals surface area contributed by atoms with Crippen molar-refractivity contribution < 1.29 is 0 Å². The van der Waals surface area contributed by atoms with Gasteiger partial charge in [-0.3, -0.25) is 4.98 Å². The molecular weight excluding hydrogens is 204 g/mol. The molecule has 0 fully saturated rings. The molecule has 0 aromatic carbocycles. The lowest BCUT2D eigenvalue weighted by Crippen LogP contribution is -2.13. The normalized spacial score (nSPS) is 12.3. The Morgan fingerprint density at radius 1 is 1.50 bits per heavy atom. The molecule has 2 rings (SSSR count). The predicted molar refractivity (Wildman–Crippen MR) is 61.7 cm³/mol. The van der Waals surface area contributed by atoms with Gasteiger partial charge in [0.2, 0.25) is 0 Å². The van der Waals surface area contributed by atoms with Crippen molar-refractivity contribution in [3.63, 3.8) is 0 Å². The molecule has 0 spiro atoms. The first kappa shape index (κ1) is 10.4. The summed E-state index contributed by atoms with van der Waals surface area (Å²) in [5.41, 5.74) is 5.56. The Kier molecular flexibility index (Phi) is 3.00. The summed E-state index contributed by atoms with van der Waals surface area (Å²) in [5, 5.41) is 3.22. The minimum atomic E-state index is 0.0890. The van der Waals surface area contributed by atoms with E-state index in [1.807, 2.05) is 0 Å². The summed E-state index contributed by atoms with van der Waals surface area (Å²) in [6.45, 7) is 2.07. The largest absolute Gasteiger partial charge is 0.382 e. The fraction of sp³-hybridized carbons (Fsp3) is 0.300. The minimum absolute atomic E-state index is 0.0890. The van der Waals surface area contributed by atoms with Crippen LogP contribution in [0.25, 0.3) is 0 Å². The SMILES string of the molecule is CCC(Nc1cncc(N)n1)c1ncc[nH]1. The van der Waals surface area contributed by atoms with Crippen molar-refractivity contribution >= 4 is 11.6 Å². The number of nitrogens with one attached hydrogen (secondary N) is 2. The van der Waals surface area contributed by atoms with Crippen LogP contribution in [0.1, 0.15) is 25.2 Å². The molecule has 0 bridgehead atoms. The van der Waals surface area contributed by atoms with Crippen molar-refractivity contribution in [1.82, 2.24) is 19.9 Å². The molecule has 0 saturated heterocycles. The Bertz CT molecular complexity index is 438. The van der Waals surface area contributed by atoms with Gasteiger partial charge < -0.3 is 16.0 Å². The van der Waals surface area contributed by atoms with E-state index >= 15 is 0 Å². The van der Waals surface area contributed by atoms with Crippen LogP contribution in [0, 0.1) is 0 Å². The summed E-state index contributed by atoms with van der Waals surface area (Å²) < 4.78 is 0. The van der Waals surface area contributed by atoms with Crippen molar-refractivity contribution in [2.24, 2.45) is 0 Å². The van der Waals surface area contributed by atoms with Gasteiger partial charge in [-0.15, -0.1) is 0 Å². The third kappa shape index (κ3) is 2.28. The first-order valence-electron chi connectivity index (χ1n) is 5.13. The number of hydrogen-bond acceptors (Lipinski definition) is 5. The number of nitrogens with two attached hydrogens (primary N) is 1. The first-order chi connectivity index (χ1) is 7.79. The van der Waals surface area contributed by atoms with Crippen molar-refractivity contribution in [2.45, 2.75) is 19.4 Å². The third-order valence-corrected chi connectivity index (χ3v) is 2.23. The van der Waals surface area contributed by atoms with E-state index in [0.717, 1.165) is 12.2 Å². The second kappa shape index (κ2) is 4.61. The van der Waals surface area contributed by atoms with Crippen molar-refractivity contribution in [3.05, 3.63) is 30.6 Å². The smallest absolute Gasteiger partial charge is 0.147 e. The van der Waals surface area contributed by atoms with Gasteiger partial charge in [0, 0.05) is 12.4 Å². The molecule has 1 atom stereocenters. The van der Waals surface area contributed by atoms with Crippen LogP contribution in [-0.4, -0.2) is 19.9 Å². The summed E-state index contributed by atoms with van der Waals surface area (Å²) in [6.07, 6.45) is 7.57. The summed E-state index contributed by atoms with van der Waals surface area (Å²) in [7, 11) is 0. The zero-order valence-electron chi connectivity index (χ0n) is 9.01. The van der Waals surface area contributed by atoms with Gasteiger partial charge in [-0.2, -0.15) is 0 Å². The van der Waals surface area contributed by atoms with Crippen molar-refractivity contribution in [3.8, 4) is 0 Å². The van der Waals surface area contributed by atoms with Gasteiger partial charge in [-0.05, 0) is 6.42 Å². The number of hydrogen-bond donors (Lipinski definition) is 3. The highest BCUT2D eigenvalue weighted by molar-refractivity contribution is 5.39. The van der Waals surface area contributed by atoms with Gasteiger partial charge in [0.15, 0.2) is 0 Å². The van der Waals surface area contributed by atoms with Crippen LogP contribution in [0.5, 0.6) is 0 Å². The molecule has 84 valence electrons. The van der Waals surface area contributed by atoms with Gasteiger partial charge in [0.25, 0.3) is 0 Å². The fourth-order valence-corrected chi connectivity index (χ4v) is 1.46. The molecule has 6 nitrogen and oxygen atoms in total. The van der Waals surface area contributed by atoms with E-state index in [2.05, 4.69) is 32.2 Å². The fourth-order valence-electron chi connectivity index (χ4n) is 1.46. The van der Waals surface area contributed by atoms with Gasteiger partial charge in [-0.1, -0.05) is 6.92 Å². The molecular formula is C10H14N6. The third-order valence-electron chi connectivity index (χ3n) is 2.23. The van der Waals surface area contributed by atoms with Crippen LogP contribution in [0.15, 0.2) is 24.8 Å². The van der Waals surface area contributed by atoms with Gasteiger partial charge >= 0.3 is 0 Å². The second-order valence-corrected chi connectivity index (χ2v) is 3.41. The molecule has 6 heteroatoms. The van der Waals surface area contributed by atoms with E-state index < -0.39 is 0 Å². The summed E-state index contributed by atoms with van der Waals surface area (Å²) in [5.74, 6) is 1.94. The first-order valence-corrected chi connectivity index (χ1v) is 5.13. The van der Waals surface area contributed by atoms with Crippen LogP contribution in [0.2, 0.25) is 0 Å². The Labute approximate surface area is 93.3 Å². The molecule has 4 N–H and O–H groups in total. The van der Waals surface area contributed by atoms with Crippen molar-refractivity contribution in [1.29, 1.82) is 0 Å². The van der Waals surface area contributed by atoms with Crippen LogP contribution in [-0.2, 0) is 0 Å². The average Bonchev–Trinajstić information content (AvgIpc) is 2.79. The van der Waals surface area contributed by atoms with Gasteiger partial charge in [-0.25, -0.2) is 9.97 Å². The van der Waals surface area contributed by atoms with Gasteiger partial charge in [0.1, 0.15) is 17.5 Å². The summed E-state index contributed by atoms with van der Waals surface area (Å²) >= 11 is 0. The molecule has 0 aliphatic carbocycles. The topological polar surface area (TPSA) is 92.5 Å². The average molecular weight is 218 g/mol. The molecule has 16 heavy (non-hydrogen) atoms. The van der Waals surface area contributed by atoms with Crippen LogP contribution in [0.4, 0.5) is 11.6 Å². The molecule has 0 aliphatic rings. The molecule has 0 amide bonds. The zero-order chi connectivity index (χ0) is 11.4. The molecule has 0 saturated carbocycles. The van der Waals surface area contributed by atoms with Crippen LogP contribution in [0.3, 0.4) is 0 Å². The Balaban J connectivity index is 2.13. The highest BCUT2D eigenvalue weighted by Gasteiger charge is 2.11. The summed E-state index contributed by atoms with van der Waals surface area (Å²) in [4.78, 5) is 15.4. The van der Waals surface area contributed by atoms with E-state index in [9.17, 15) is 0 Å². The number of aromatic amines is 1. The van der Waals surface area contributed by atoms with Crippen LogP contribution < -0.4 is 11.1 Å². The molecule has 0 aliphatic heterocycles. The standard InChI is InChI=1S/C10H14N6/c1-2-7(10-13-3-4-14-10)15-9-6-12-5-8(11)16-9/h3-7H,2H2,1H3,(H,13,14)(H3,11,15,16). The van der Waals surface area contributed by atoms with E-state index in [4.69, 9.17) is 5.73 Å². The Morgan fingerprint density at radius 2 is 2.38 bits per heavy atom. The highest BCUT2D eigenvalue weighted by atomic mass is 15.1. The van der Waals surface area contributed by atoms with E-state index in [0.29, 0.717) is 11.6 Å². The van der Waals surface area contributed by atoms with E-state index in [1.165, 1.54) is 6.20 Å². The lowest BCUT2D eigenvalue weighted by atomic mass is 10.2. The monoisotopic (exact) mass is 218 g/mol. The molecule has 0 radical (unpaired) electrons. The number of aromatic nitrogens is 4. The highest BCUT2D eigenvalue weighted by Crippen LogP contribution is 2.17. The quantitative estimate of drug-likeness (QED) is 0.720. The molecule has 1 unspecified atom stereocenters. The number of nitrogen functional groups attached to an aromatic ring is 1. The lowest BCUT2D eigenvalue weighted by molar-refractivity contribution is 0.700. The lowest BCUT2D eigenvalue weighted by Gasteiger charge is -2.14. The van der Waals surface area contributed by atoms with E-state index in [1.54, 1.807) is 18.6 Å². The number of imidazole rings is 1. The van der Waals surface area contributed by atoms with Crippen molar-refractivity contribution in [2.75, 3.05) is 11.1 Å². The zero-order valence-corrected chi connectivity index (χ0v) is 9.01. The second-order valence-electron chi connectivity index (χ2n) is 3.41. The number of anilines is 2. The molecule has 2 aromatic heterocycles. The maximum absolute atomic E-state index is 5.56. The Morgan fingerprint density at radius 3 is 3.00 bits per heavy atom. The maximum atomic E-state index is 5.56. The Hall–Kier alpha value is -2.11. The van der Waals surface area contributed by atoms with E-state index in [-0.39, 0.29) is 6.04 Å². The minimum Gasteiger partial charge on any atom is -0.382 e. The van der Waals surface area contributed by atoms with Gasteiger partial charge in [0.05, 0.1) is 18.4 Å². The van der Waals surface area contributed by atoms with Crippen LogP contribution >= 0.6 is 0 Å². The maximum Gasteiger partial charge on any atom is 0.147 e. The number of H-pyrrole nitrogens is 1.